The molecule has 1 atom stereocenters. The van der Waals surface area contributed by atoms with E-state index in [0.717, 1.165) is 0 Å². The molecule has 1 aromatic rings. The van der Waals surface area contributed by atoms with Crippen molar-refractivity contribution in [1.82, 2.24) is 5.32 Å². The number of carbonyl (C=O) groups is 1. The molecule has 0 spiro atoms. The Bertz CT molecular complexity index is 354. The highest BCUT2D eigenvalue weighted by atomic mass is 19.1. The van der Waals surface area contributed by atoms with Gasteiger partial charge in [0.05, 0.1) is 13.2 Å². The summed E-state index contributed by atoms with van der Waals surface area (Å²) in [7, 11) is 0. The third-order valence-corrected chi connectivity index (χ3v) is 2.19. The number of ether oxygens (including phenoxy) is 1. The van der Waals surface area contributed by atoms with Crippen LogP contribution < -0.4 is 5.32 Å². The number of hydrogen-bond acceptors (Lipinski definition) is 4. The lowest BCUT2D eigenvalue weighted by molar-refractivity contribution is -0.145. The monoisotopic (exact) mass is 257 g/mol. The molecular weight excluding hydrogens is 237 g/mol. The van der Waals surface area contributed by atoms with E-state index in [9.17, 15) is 9.18 Å². The number of aliphatic hydroxyl groups excluding tert-OH is 1. The molecule has 1 aromatic carbocycles. The first-order valence-corrected chi connectivity index (χ1v) is 5.45. The van der Waals surface area contributed by atoms with Gasteiger partial charge in [-0.15, -0.1) is 0 Å². The molecule has 2 N–H and O–H groups in total. The molecule has 0 aliphatic heterocycles. The van der Waals surface area contributed by atoms with E-state index in [2.05, 4.69) is 5.32 Å². The zero-order valence-electron chi connectivity index (χ0n) is 9.65. The predicted molar refractivity (Wildman–Crippen MR) is 67.6 cm³/mol. The van der Waals surface area contributed by atoms with Gasteiger partial charge in [-0.25, -0.2) is 9.18 Å². The maximum Gasteiger partial charge on any atom is 0.327 e. The molecule has 0 aromatic heterocycles. The highest BCUT2D eigenvalue weighted by molar-refractivity contribution is 5.77. The number of rotatable bonds is 6. The Hall–Kier alpha value is -1.46. The molecule has 0 saturated carbocycles. The minimum absolute atomic E-state index is 0. The van der Waals surface area contributed by atoms with Gasteiger partial charge < -0.3 is 9.84 Å². The van der Waals surface area contributed by atoms with Crippen molar-refractivity contribution in [2.75, 3.05) is 19.8 Å². The van der Waals surface area contributed by atoms with E-state index in [1.54, 1.807) is 6.92 Å². The van der Waals surface area contributed by atoms with E-state index >= 15 is 0 Å². The van der Waals surface area contributed by atoms with Crippen LogP contribution in [0.1, 0.15) is 26.0 Å². The molecule has 0 fully saturated rings. The molecule has 0 radical (unpaired) electrons. The Morgan fingerprint density at radius 3 is 2.56 bits per heavy atom. The Morgan fingerprint density at radius 1 is 1.44 bits per heavy atom. The highest BCUT2D eigenvalue weighted by Crippen LogP contribution is 2.15. The minimum atomic E-state index is -0.678. The van der Waals surface area contributed by atoms with Crippen molar-refractivity contribution in [2.24, 2.45) is 0 Å². The number of benzene rings is 1. The first kappa shape index (κ1) is 16.5. The first-order chi connectivity index (χ1) is 8.19. The summed E-state index contributed by atoms with van der Waals surface area (Å²) < 4.78 is 17.7. The van der Waals surface area contributed by atoms with Crippen LogP contribution in [0.25, 0.3) is 0 Å². The van der Waals surface area contributed by atoms with Crippen LogP contribution in [0, 0.1) is 5.82 Å². The molecule has 0 aliphatic rings. The van der Waals surface area contributed by atoms with Crippen molar-refractivity contribution in [2.45, 2.75) is 20.4 Å². The molecule has 0 saturated heterocycles. The van der Waals surface area contributed by atoms with Crippen molar-refractivity contribution < 1.29 is 19.0 Å². The van der Waals surface area contributed by atoms with Crippen LogP contribution in [0.2, 0.25) is 0 Å². The summed E-state index contributed by atoms with van der Waals surface area (Å²) in [6.45, 7) is 2.17. The standard InChI is InChI=1S/C12H16FNO3.CH4/c1-2-17-12(16)11(14-7-8-15)9-3-5-10(13)6-4-9;/h3-6,11,14-15H,2,7-8H2,1H3;1H4. The van der Waals surface area contributed by atoms with Gasteiger partial charge in [-0.05, 0) is 24.6 Å². The lowest BCUT2D eigenvalue weighted by Crippen LogP contribution is -2.32. The summed E-state index contributed by atoms with van der Waals surface area (Å²) in [5.74, 6) is -0.800. The average molecular weight is 257 g/mol. The van der Waals surface area contributed by atoms with Gasteiger partial charge in [0.15, 0.2) is 0 Å². The Morgan fingerprint density at radius 2 is 2.06 bits per heavy atom. The molecule has 0 heterocycles. The fourth-order valence-corrected chi connectivity index (χ4v) is 1.43. The van der Waals surface area contributed by atoms with E-state index < -0.39 is 12.0 Å². The maximum atomic E-state index is 12.8. The first-order valence-electron chi connectivity index (χ1n) is 5.45. The average Bonchev–Trinajstić information content (AvgIpc) is 2.32. The molecule has 4 nitrogen and oxygen atoms in total. The number of aliphatic hydroxyl groups is 1. The van der Waals surface area contributed by atoms with Crippen molar-refractivity contribution >= 4 is 5.97 Å². The van der Waals surface area contributed by atoms with Crippen molar-refractivity contribution in [3.63, 3.8) is 0 Å². The van der Waals surface area contributed by atoms with Gasteiger partial charge in [-0.2, -0.15) is 0 Å². The van der Waals surface area contributed by atoms with Crippen molar-refractivity contribution in [3.05, 3.63) is 35.6 Å². The Kier molecular flexibility index (Phi) is 7.91. The summed E-state index contributed by atoms with van der Waals surface area (Å²) >= 11 is 0. The third-order valence-electron chi connectivity index (χ3n) is 2.19. The number of halogens is 1. The predicted octanol–water partition coefficient (Wildman–Crippen LogP) is 1.65. The topological polar surface area (TPSA) is 58.6 Å². The SMILES string of the molecule is C.CCOC(=O)C(NCCO)c1ccc(F)cc1. The second-order valence-corrected chi connectivity index (χ2v) is 3.41. The second kappa shape index (κ2) is 8.60. The van der Waals surface area contributed by atoms with Gasteiger partial charge in [0.25, 0.3) is 0 Å². The quantitative estimate of drug-likeness (QED) is 0.761. The molecule has 1 unspecified atom stereocenters. The Balaban J connectivity index is 0.00000289. The largest absolute Gasteiger partial charge is 0.465 e. The van der Waals surface area contributed by atoms with Crippen LogP contribution in [0.3, 0.4) is 0 Å². The molecule has 0 bridgehead atoms. The Labute approximate surface area is 107 Å². The number of hydrogen-bond donors (Lipinski definition) is 2. The summed E-state index contributed by atoms with van der Waals surface area (Å²) in [4.78, 5) is 11.7. The van der Waals surface area contributed by atoms with Crippen LogP contribution >= 0.6 is 0 Å². The van der Waals surface area contributed by atoms with E-state index in [0.29, 0.717) is 5.56 Å². The van der Waals surface area contributed by atoms with Gasteiger partial charge in [0.2, 0.25) is 0 Å². The molecule has 1 rings (SSSR count). The zero-order valence-corrected chi connectivity index (χ0v) is 9.65. The molecule has 18 heavy (non-hydrogen) atoms. The summed E-state index contributed by atoms with van der Waals surface area (Å²) in [5, 5.41) is 11.6. The van der Waals surface area contributed by atoms with E-state index in [1.165, 1.54) is 24.3 Å². The van der Waals surface area contributed by atoms with Gasteiger partial charge in [-0.3, -0.25) is 5.32 Å². The zero-order chi connectivity index (χ0) is 12.7. The van der Waals surface area contributed by atoms with Crippen LogP contribution in [0.5, 0.6) is 0 Å². The van der Waals surface area contributed by atoms with Crippen LogP contribution in [0.15, 0.2) is 24.3 Å². The summed E-state index contributed by atoms with van der Waals surface area (Å²) in [6.07, 6.45) is 0. The van der Waals surface area contributed by atoms with E-state index in [-0.39, 0.29) is 33.0 Å². The van der Waals surface area contributed by atoms with Crippen LogP contribution in [-0.2, 0) is 9.53 Å². The van der Waals surface area contributed by atoms with Crippen LogP contribution in [0.4, 0.5) is 4.39 Å². The minimum Gasteiger partial charge on any atom is -0.465 e. The van der Waals surface area contributed by atoms with Crippen molar-refractivity contribution in [1.29, 1.82) is 0 Å². The molecule has 5 heteroatoms. The normalized spacial score (nSPS) is 11.5. The summed E-state index contributed by atoms with van der Waals surface area (Å²) in [6, 6.07) is 4.91. The van der Waals surface area contributed by atoms with E-state index in [1.807, 2.05) is 0 Å². The molecule has 102 valence electrons. The lowest BCUT2D eigenvalue weighted by atomic mass is 10.1. The highest BCUT2D eigenvalue weighted by Gasteiger charge is 2.20. The van der Waals surface area contributed by atoms with Gasteiger partial charge >= 0.3 is 5.97 Å². The fraction of sp³-hybridized carbons (Fsp3) is 0.462. The molecule has 0 amide bonds. The molecular formula is C13H20FNO3. The summed E-state index contributed by atoms with van der Waals surface area (Å²) in [5.41, 5.74) is 0.610. The van der Waals surface area contributed by atoms with Gasteiger partial charge in [-0.1, -0.05) is 19.6 Å². The number of esters is 1. The van der Waals surface area contributed by atoms with Crippen molar-refractivity contribution in [3.8, 4) is 0 Å². The number of nitrogens with one attached hydrogen (secondary N) is 1. The van der Waals surface area contributed by atoms with E-state index in [4.69, 9.17) is 9.84 Å². The van der Waals surface area contributed by atoms with Gasteiger partial charge in [0, 0.05) is 6.54 Å². The maximum absolute atomic E-state index is 12.8. The fourth-order valence-electron chi connectivity index (χ4n) is 1.43. The van der Waals surface area contributed by atoms with Crippen LogP contribution in [-0.4, -0.2) is 30.8 Å². The van der Waals surface area contributed by atoms with Gasteiger partial charge in [0.1, 0.15) is 11.9 Å². The third kappa shape index (κ3) is 4.81. The smallest absolute Gasteiger partial charge is 0.327 e. The lowest BCUT2D eigenvalue weighted by Gasteiger charge is -2.17. The second-order valence-electron chi connectivity index (χ2n) is 3.41. The molecule has 0 aliphatic carbocycles. The number of carbonyl (C=O) groups excluding carboxylic acids is 1.